The summed E-state index contributed by atoms with van der Waals surface area (Å²) in [6.07, 6.45) is 0. The first-order valence-electron chi connectivity index (χ1n) is 4.89. The topological polar surface area (TPSA) is 47.0 Å². The molecule has 1 aromatic carbocycles. The van der Waals surface area contributed by atoms with Crippen LogP contribution >= 0.6 is 39.1 Å². The van der Waals surface area contributed by atoms with Gasteiger partial charge < -0.3 is 10.1 Å². The maximum atomic E-state index is 5.92. The van der Waals surface area contributed by atoms with Crippen molar-refractivity contribution in [1.82, 2.24) is 10.2 Å². The van der Waals surface area contributed by atoms with Crippen LogP contribution in [-0.2, 0) is 0 Å². The summed E-state index contributed by atoms with van der Waals surface area (Å²) in [6, 6.07) is 7.17. The molecule has 0 aliphatic heterocycles. The molecule has 1 heterocycles. The third-order valence-electron chi connectivity index (χ3n) is 2.15. The number of halogens is 3. The van der Waals surface area contributed by atoms with E-state index in [2.05, 4.69) is 31.4 Å². The summed E-state index contributed by atoms with van der Waals surface area (Å²) in [4.78, 5) is 0. The number of hydrogen-bond acceptors (Lipinski definition) is 4. The van der Waals surface area contributed by atoms with Crippen LogP contribution in [0.2, 0.25) is 10.3 Å². The summed E-state index contributed by atoms with van der Waals surface area (Å²) in [5.41, 5.74) is 1.39. The van der Waals surface area contributed by atoms with Crippen LogP contribution in [0.15, 0.2) is 28.7 Å². The van der Waals surface area contributed by atoms with E-state index in [-0.39, 0.29) is 10.3 Å². The first kappa shape index (κ1) is 13.4. The molecule has 0 amide bonds. The second-order valence-corrected chi connectivity index (χ2v) is 4.95. The lowest BCUT2D eigenvalue weighted by atomic mass is 10.3. The predicted octanol–water partition coefficient (Wildman–Crippen LogP) is 4.30. The molecule has 0 spiro atoms. The van der Waals surface area contributed by atoms with Gasteiger partial charge in [-0.2, -0.15) is 0 Å². The fraction of sp³-hybridized carbons (Fsp3) is 0.0909. The smallest absolute Gasteiger partial charge is 0.175 e. The Labute approximate surface area is 122 Å². The highest BCUT2D eigenvalue weighted by atomic mass is 79.9. The number of rotatable bonds is 3. The van der Waals surface area contributed by atoms with Crippen molar-refractivity contribution in [3.63, 3.8) is 0 Å². The van der Waals surface area contributed by atoms with Gasteiger partial charge in [0, 0.05) is 17.8 Å². The van der Waals surface area contributed by atoms with E-state index in [0.29, 0.717) is 11.4 Å². The van der Waals surface area contributed by atoms with Crippen molar-refractivity contribution >= 4 is 50.5 Å². The number of nitrogens with zero attached hydrogens (tertiary/aromatic N) is 2. The minimum absolute atomic E-state index is 0.251. The van der Waals surface area contributed by atoms with Crippen LogP contribution in [0.1, 0.15) is 0 Å². The number of methoxy groups -OCH3 is 1. The van der Waals surface area contributed by atoms with E-state index >= 15 is 0 Å². The molecule has 0 saturated carbocycles. The Balaban J connectivity index is 2.31. The van der Waals surface area contributed by atoms with Crippen molar-refractivity contribution < 1.29 is 4.74 Å². The lowest BCUT2D eigenvalue weighted by molar-refractivity contribution is 0.412. The molecule has 0 fully saturated rings. The Kier molecular flexibility index (Phi) is 4.27. The molecule has 2 rings (SSSR count). The third kappa shape index (κ3) is 3.04. The van der Waals surface area contributed by atoms with Gasteiger partial charge in [0.1, 0.15) is 5.75 Å². The maximum Gasteiger partial charge on any atom is 0.175 e. The van der Waals surface area contributed by atoms with Gasteiger partial charge in [-0.15, -0.1) is 10.2 Å². The number of ether oxygens (including phenoxy) is 1. The lowest BCUT2D eigenvalue weighted by Gasteiger charge is -2.10. The second-order valence-electron chi connectivity index (χ2n) is 3.35. The zero-order valence-electron chi connectivity index (χ0n) is 9.25. The van der Waals surface area contributed by atoms with E-state index in [1.54, 1.807) is 13.2 Å². The van der Waals surface area contributed by atoms with E-state index in [1.165, 1.54) is 0 Å². The maximum absolute atomic E-state index is 5.92. The number of nitrogens with one attached hydrogen (secondary N) is 1. The molecule has 0 bridgehead atoms. The molecule has 2 aromatic rings. The van der Waals surface area contributed by atoms with Crippen molar-refractivity contribution in [1.29, 1.82) is 0 Å². The summed E-state index contributed by atoms with van der Waals surface area (Å²) < 4.78 is 6.07. The minimum Gasteiger partial charge on any atom is -0.495 e. The van der Waals surface area contributed by atoms with Crippen LogP contribution in [0, 0.1) is 0 Å². The fourth-order valence-corrected chi connectivity index (χ4v) is 2.03. The molecule has 0 aliphatic carbocycles. The van der Waals surface area contributed by atoms with Gasteiger partial charge in [0.25, 0.3) is 0 Å². The van der Waals surface area contributed by atoms with Gasteiger partial charge in [-0.25, -0.2) is 0 Å². The minimum atomic E-state index is 0.251. The largest absolute Gasteiger partial charge is 0.495 e. The summed E-state index contributed by atoms with van der Waals surface area (Å²) in [5, 5.41) is 11.0. The zero-order chi connectivity index (χ0) is 13.1. The van der Waals surface area contributed by atoms with Crippen LogP contribution in [-0.4, -0.2) is 17.3 Å². The van der Waals surface area contributed by atoms with Gasteiger partial charge in [0.05, 0.1) is 17.3 Å². The third-order valence-corrected chi connectivity index (χ3v) is 3.27. The average Bonchev–Trinajstić information content (AvgIpc) is 2.36. The number of aromatic nitrogens is 2. The number of hydrogen-bond donors (Lipinski definition) is 1. The van der Waals surface area contributed by atoms with Crippen molar-refractivity contribution in [2.24, 2.45) is 0 Å². The van der Waals surface area contributed by atoms with Crippen molar-refractivity contribution in [3.8, 4) is 5.75 Å². The Morgan fingerprint density at radius 3 is 2.72 bits per heavy atom. The summed E-state index contributed by atoms with van der Waals surface area (Å²) in [7, 11) is 1.60. The van der Waals surface area contributed by atoms with E-state index in [1.807, 2.05) is 18.2 Å². The van der Waals surface area contributed by atoms with Crippen LogP contribution < -0.4 is 10.1 Å². The van der Waals surface area contributed by atoms with Crippen LogP contribution in [0.4, 0.5) is 11.4 Å². The molecule has 0 radical (unpaired) electrons. The molecule has 18 heavy (non-hydrogen) atoms. The van der Waals surface area contributed by atoms with Crippen LogP contribution in [0.3, 0.4) is 0 Å². The Morgan fingerprint density at radius 2 is 2.00 bits per heavy atom. The van der Waals surface area contributed by atoms with E-state index in [0.717, 1.165) is 10.2 Å². The van der Waals surface area contributed by atoms with Gasteiger partial charge in [0.15, 0.2) is 10.3 Å². The Bertz CT molecular complexity index is 580. The molecular weight excluding hydrogens is 341 g/mol. The molecule has 0 atom stereocenters. The lowest BCUT2D eigenvalue weighted by Crippen LogP contribution is -1.95. The standard InChI is InChI=1S/C11H8BrCl2N3O/c1-18-9-4-6(2-3-7(9)12)15-8-5-10(13)16-17-11(8)14/h2-5H,1H3,(H,15,16). The van der Waals surface area contributed by atoms with E-state index in [4.69, 9.17) is 27.9 Å². The highest BCUT2D eigenvalue weighted by Crippen LogP contribution is 2.31. The highest BCUT2D eigenvalue weighted by molar-refractivity contribution is 9.10. The molecule has 7 heteroatoms. The van der Waals surface area contributed by atoms with Gasteiger partial charge in [0.2, 0.25) is 0 Å². The van der Waals surface area contributed by atoms with E-state index in [9.17, 15) is 0 Å². The van der Waals surface area contributed by atoms with Gasteiger partial charge in [-0.3, -0.25) is 0 Å². The summed E-state index contributed by atoms with van der Waals surface area (Å²) in [5.74, 6) is 0.712. The Hall–Kier alpha value is -1.04. The second kappa shape index (κ2) is 5.73. The van der Waals surface area contributed by atoms with Crippen molar-refractivity contribution in [3.05, 3.63) is 39.0 Å². The molecule has 0 aliphatic rings. The molecule has 1 aromatic heterocycles. The highest BCUT2D eigenvalue weighted by Gasteiger charge is 2.06. The van der Waals surface area contributed by atoms with Gasteiger partial charge in [-0.05, 0) is 28.1 Å². The normalized spacial score (nSPS) is 10.2. The molecule has 94 valence electrons. The first-order valence-corrected chi connectivity index (χ1v) is 6.44. The SMILES string of the molecule is COc1cc(Nc2cc(Cl)nnc2Cl)ccc1Br. The number of anilines is 2. The monoisotopic (exact) mass is 347 g/mol. The van der Waals surface area contributed by atoms with Crippen LogP contribution in [0.5, 0.6) is 5.75 Å². The van der Waals surface area contributed by atoms with E-state index < -0.39 is 0 Å². The number of benzene rings is 1. The molecular formula is C11H8BrCl2N3O. The van der Waals surface area contributed by atoms with Crippen LogP contribution in [0.25, 0.3) is 0 Å². The average molecular weight is 349 g/mol. The molecule has 1 N–H and O–H groups in total. The van der Waals surface area contributed by atoms with Gasteiger partial charge >= 0.3 is 0 Å². The zero-order valence-corrected chi connectivity index (χ0v) is 12.3. The first-order chi connectivity index (χ1) is 8.60. The quantitative estimate of drug-likeness (QED) is 0.898. The molecule has 0 saturated heterocycles. The predicted molar refractivity (Wildman–Crippen MR) is 76.0 cm³/mol. The molecule has 4 nitrogen and oxygen atoms in total. The molecule has 0 unspecified atom stereocenters. The fourth-order valence-electron chi connectivity index (χ4n) is 1.33. The summed E-state index contributed by atoms with van der Waals surface area (Å²) >= 11 is 15.1. The van der Waals surface area contributed by atoms with Gasteiger partial charge in [-0.1, -0.05) is 23.2 Å². The van der Waals surface area contributed by atoms with Crippen molar-refractivity contribution in [2.45, 2.75) is 0 Å². The Morgan fingerprint density at radius 1 is 1.22 bits per heavy atom. The van der Waals surface area contributed by atoms with Crippen molar-refractivity contribution in [2.75, 3.05) is 12.4 Å². The summed E-state index contributed by atoms with van der Waals surface area (Å²) in [6.45, 7) is 0.